The molecule has 0 radical (unpaired) electrons. The Kier molecular flexibility index (Phi) is 6.85. The molecule has 4 nitrogen and oxygen atoms in total. The van der Waals surface area contributed by atoms with Crippen molar-refractivity contribution >= 4 is 8.80 Å². The second kappa shape index (κ2) is 8.18. The third-order valence-electron chi connectivity index (χ3n) is 2.49. The quantitative estimate of drug-likeness (QED) is 0.298. The van der Waals surface area contributed by atoms with Gasteiger partial charge in [-0.3, -0.25) is 0 Å². The van der Waals surface area contributed by atoms with E-state index in [9.17, 15) is 0 Å². The minimum absolute atomic E-state index is 0.149. The molecule has 100 valence electrons. The van der Waals surface area contributed by atoms with Crippen LogP contribution in [0.2, 0.25) is 6.04 Å². The smallest absolute Gasteiger partial charge is 0.377 e. The lowest BCUT2D eigenvalue weighted by molar-refractivity contribution is -0.0392. The molecule has 0 aliphatic carbocycles. The summed E-state index contributed by atoms with van der Waals surface area (Å²) in [6.07, 6.45) is 1.73. The summed E-state index contributed by atoms with van der Waals surface area (Å²) in [5.41, 5.74) is 1.10. The molecule has 0 saturated heterocycles. The van der Waals surface area contributed by atoms with Crippen LogP contribution in [0.15, 0.2) is 43.0 Å². The monoisotopic (exact) mass is 268 g/mol. The first-order valence-electron chi connectivity index (χ1n) is 5.73. The van der Waals surface area contributed by atoms with Gasteiger partial charge in [0.05, 0.1) is 6.61 Å². The summed E-state index contributed by atoms with van der Waals surface area (Å²) in [7, 11) is 0.535. The van der Waals surface area contributed by atoms with Gasteiger partial charge >= 0.3 is 8.80 Å². The van der Waals surface area contributed by atoms with Crippen LogP contribution >= 0.6 is 0 Å². The van der Waals surface area contributed by atoms with E-state index in [-0.39, 0.29) is 6.79 Å². The van der Waals surface area contributed by atoms with Crippen LogP contribution in [0, 0.1) is 0 Å². The molecule has 0 saturated carbocycles. The highest BCUT2D eigenvalue weighted by Crippen LogP contribution is 2.14. The lowest BCUT2D eigenvalue weighted by atomic mass is 10.2. The Morgan fingerprint density at radius 1 is 1.17 bits per heavy atom. The summed E-state index contributed by atoms with van der Waals surface area (Å²) >= 11 is 0. The minimum atomic E-state index is -2.62. The van der Waals surface area contributed by atoms with Gasteiger partial charge in [0, 0.05) is 20.3 Å². The van der Waals surface area contributed by atoms with Gasteiger partial charge in [-0.05, 0) is 5.56 Å². The fraction of sp³-hybridized carbons (Fsp3) is 0.385. The van der Waals surface area contributed by atoms with E-state index in [1.54, 1.807) is 20.3 Å². The SMILES string of the molecule is C=CC[Si](OC)(OC)OCOCc1ccccc1. The summed E-state index contributed by atoms with van der Waals surface area (Å²) in [5.74, 6) is 0. The van der Waals surface area contributed by atoms with Gasteiger partial charge in [0.2, 0.25) is 0 Å². The maximum Gasteiger partial charge on any atom is 0.506 e. The van der Waals surface area contributed by atoms with E-state index in [1.165, 1.54) is 0 Å². The second-order valence-electron chi connectivity index (χ2n) is 3.68. The number of hydrogen-bond acceptors (Lipinski definition) is 4. The van der Waals surface area contributed by atoms with Gasteiger partial charge in [-0.1, -0.05) is 36.4 Å². The van der Waals surface area contributed by atoms with Crippen LogP contribution < -0.4 is 0 Å². The minimum Gasteiger partial charge on any atom is -0.377 e. The molecule has 0 amide bonds. The summed E-state index contributed by atoms with van der Waals surface area (Å²) in [6, 6.07) is 10.5. The molecule has 18 heavy (non-hydrogen) atoms. The van der Waals surface area contributed by atoms with Crippen molar-refractivity contribution in [2.45, 2.75) is 12.7 Å². The van der Waals surface area contributed by atoms with Crippen LogP contribution in [0.4, 0.5) is 0 Å². The Bertz CT molecular complexity index is 338. The van der Waals surface area contributed by atoms with Crippen LogP contribution in [0.5, 0.6) is 0 Å². The molecule has 0 aromatic heterocycles. The molecule has 0 aliphatic heterocycles. The van der Waals surface area contributed by atoms with Crippen molar-refractivity contribution in [1.82, 2.24) is 0 Å². The third kappa shape index (κ3) is 4.71. The molecule has 0 atom stereocenters. The zero-order valence-corrected chi connectivity index (χ0v) is 11.9. The highest BCUT2D eigenvalue weighted by Gasteiger charge is 2.37. The lowest BCUT2D eigenvalue weighted by Crippen LogP contribution is -2.43. The zero-order chi connectivity index (χ0) is 13.3. The normalized spacial score (nSPS) is 11.4. The molecule has 1 aromatic carbocycles. The molecule has 0 unspecified atom stereocenters. The van der Waals surface area contributed by atoms with Crippen molar-refractivity contribution < 1.29 is 18.0 Å². The molecule has 1 aromatic rings. The highest BCUT2D eigenvalue weighted by molar-refractivity contribution is 6.61. The Morgan fingerprint density at radius 2 is 1.83 bits per heavy atom. The van der Waals surface area contributed by atoms with Gasteiger partial charge in [0.25, 0.3) is 0 Å². The van der Waals surface area contributed by atoms with Gasteiger partial charge < -0.3 is 18.0 Å². The van der Waals surface area contributed by atoms with Crippen molar-refractivity contribution in [3.05, 3.63) is 48.6 Å². The number of ether oxygens (including phenoxy) is 1. The largest absolute Gasteiger partial charge is 0.506 e. The van der Waals surface area contributed by atoms with Gasteiger partial charge in [-0.15, -0.1) is 6.58 Å². The predicted molar refractivity (Wildman–Crippen MR) is 72.0 cm³/mol. The van der Waals surface area contributed by atoms with Gasteiger partial charge in [-0.2, -0.15) is 0 Å². The number of rotatable bonds is 9. The summed E-state index contributed by atoms with van der Waals surface area (Å²) < 4.78 is 21.7. The van der Waals surface area contributed by atoms with Crippen molar-refractivity contribution in [1.29, 1.82) is 0 Å². The number of benzene rings is 1. The fourth-order valence-electron chi connectivity index (χ4n) is 1.47. The Labute approximate surface area is 110 Å². The average molecular weight is 268 g/mol. The van der Waals surface area contributed by atoms with Crippen LogP contribution in [0.25, 0.3) is 0 Å². The van der Waals surface area contributed by atoms with E-state index in [0.29, 0.717) is 12.7 Å². The Balaban J connectivity index is 2.33. The molecule has 0 N–H and O–H groups in total. The van der Waals surface area contributed by atoms with Crippen LogP contribution in [-0.2, 0) is 24.6 Å². The van der Waals surface area contributed by atoms with E-state index in [2.05, 4.69) is 6.58 Å². The van der Waals surface area contributed by atoms with Crippen molar-refractivity contribution in [3.63, 3.8) is 0 Å². The van der Waals surface area contributed by atoms with E-state index in [4.69, 9.17) is 18.0 Å². The van der Waals surface area contributed by atoms with Gasteiger partial charge in [0.1, 0.15) is 6.79 Å². The maximum atomic E-state index is 5.59. The summed E-state index contributed by atoms with van der Waals surface area (Å²) in [4.78, 5) is 0. The molecule has 0 heterocycles. The highest BCUT2D eigenvalue weighted by atomic mass is 28.4. The third-order valence-corrected chi connectivity index (χ3v) is 5.08. The van der Waals surface area contributed by atoms with Crippen molar-refractivity contribution in [2.24, 2.45) is 0 Å². The fourth-order valence-corrected chi connectivity index (χ4v) is 2.94. The topological polar surface area (TPSA) is 36.9 Å². The number of hydrogen-bond donors (Lipinski definition) is 0. The Hall–Kier alpha value is -0.983. The molecule has 0 fully saturated rings. The van der Waals surface area contributed by atoms with Gasteiger partial charge in [0.15, 0.2) is 0 Å². The number of allylic oxidation sites excluding steroid dienone is 1. The van der Waals surface area contributed by atoms with E-state index < -0.39 is 8.80 Å². The molecule has 1 rings (SSSR count). The summed E-state index contributed by atoms with van der Waals surface area (Å²) in [5, 5.41) is 0. The van der Waals surface area contributed by atoms with E-state index >= 15 is 0 Å². The lowest BCUT2D eigenvalue weighted by Gasteiger charge is -2.24. The first kappa shape index (κ1) is 15.1. The molecule has 0 aliphatic rings. The second-order valence-corrected chi connectivity index (χ2v) is 6.56. The van der Waals surface area contributed by atoms with Crippen LogP contribution in [-0.4, -0.2) is 29.8 Å². The van der Waals surface area contributed by atoms with Gasteiger partial charge in [-0.25, -0.2) is 0 Å². The first-order valence-corrected chi connectivity index (χ1v) is 7.66. The molecular weight excluding hydrogens is 248 g/mol. The van der Waals surface area contributed by atoms with Crippen molar-refractivity contribution in [2.75, 3.05) is 21.0 Å². The van der Waals surface area contributed by atoms with E-state index in [1.807, 2.05) is 30.3 Å². The predicted octanol–water partition coefficient (Wildman–Crippen LogP) is 2.60. The molecular formula is C13H20O4Si. The van der Waals surface area contributed by atoms with Crippen molar-refractivity contribution in [3.8, 4) is 0 Å². The summed E-state index contributed by atoms with van der Waals surface area (Å²) in [6.45, 7) is 4.33. The first-order chi connectivity index (χ1) is 8.76. The maximum absolute atomic E-state index is 5.59. The molecule has 5 heteroatoms. The van der Waals surface area contributed by atoms with E-state index in [0.717, 1.165) is 5.56 Å². The molecule has 0 spiro atoms. The zero-order valence-electron chi connectivity index (χ0n) is 10.9. The standard InChI is InChI=1S/C13H20O4Si/c1-4-10-18(14-2,15-3)17-12-16-11-13-8-6-5-7-9-13/h4-9H,1,10-12H2,2-3H3. The molecule has 0 bridgehead atoms. The average Bonchev–Trinajstić information content (AvgIpc) is 2.43. The van der Waals surface area contributed by atoms with Crippen LogP contribution in [0.3, 0.4) is 0 Å². The Morgan fingerprint density at radius 3 is 2.39 bits per heavy atom. The van der Waals surface area contributed by atoms with Crippen LogP contribution in [0.1, 0.15) is 5.56 Å².